The van der Waals surface area contributed by atoms with Crippen molar-refractivity contribution in [2.24, 2.45) is 0 Å². The minimum absolute atomic E-state index is 0.0662. The monoisotopic (exact) mass is 760 g/mol. The van der Waals surface area contributed by atoms with Crippen LogP contribution in [0.1, 0.15) is 86.1 Å². The van der Waals surface area contributed by atoms with Crippen molar-refractivity contribution < 1.29 is 0 Å². The van der Waals surface area contributed by atoms with Crippen LogP contribution in [-0.4, -0.2) is 0 Å². The Hall–Kier alpha value is -7.48. The molecule has 0 saturated carbocycles. The van der Waals surface area contributed by atoms with E-state index in [0.717, 1.165) is 54.9 Å². The van der Waals surface area contributed by atoms with Gasteiger partial charge in [-0.3, -0.25) is 0 Å². The fraction of sp³-hybridized carbons (Fsp3) is 0.133. The molecule has 0 amide bonds. The van der Waals surface area contributed by atoms with E-state index < -0.39 is 0 Å². The molecule has 0 spiro atoms. The molecule has 1 aliphatic carbocycles. The summed E-state index contributed by atoms with van der Waals surface area (Å²) in [5.41, 5.74) is 13.2. The van der Waals surface area contributed by atoms with Gasteiger partial charge >= 0.3 is 0 Å². The number of rotatable bonds is 0. The lowest BCUT2D eigenvalue weighted by atomic mass is 9.70. The number of hydrogen-bond donors (Lipinski definition) is 0. The van der Waals surface area contributed by atoms with Crippen LogP contribution in [-0.2, 0) is 10.8 Å². The van der Waals surface area contributed by atoms with Gasteiger partial charge in [-0.2, -0.15) is 0 Å². The van der Waals surface area contributed by atoms with Crippen molar-refractivity contribution in [2.45, 2.75) is 52.4 Å². The number of fused-ring (bicyclic) bond motifs is 4. The van der Waals surface area contributed by atoms with Crippen LogP contribution in [0.5, 0.6) is 0 Å². The maximum atomic E-state index is 5.96. The summed E-state index contributed by atoms with van der Waals surface area (Å²) in [4.78, 5) is 0. The summed E-state index contributed by atoms with van der Waals surface area (Å²) >= 11 is 0. The van der Waals surface area contributed by atoms with Gasteiger partial charge in [0.25, 0.3) is 0 Å². The van der Waals surface area contributed by atoms with Gasteiger partial charge < -0.3 is 0 Å². The summed E-state index contributed by atoms with van der Waals surface area (Å²) in [6.45, 7) is 13.7. The van der Waals surface area contributed by atoms with Crippen molar-refractivity contribution in [2.75, 3.05) is 0 Å². The van der Waals surface area contributed by atoms with E-state index in [9.17, 15) is 0 Å². The zero-order chi connectivity index (χ0) is 41.2. The third kappa shape index (κ3) is 5.19. The Kier molecular flexibility index (Phi) is 7.44. The van der Waals surface area contributed by atoms with Crippen molar-refractivity contribution in [3.05, 3.63) is 166 Å². The molecule has 0 nitrogen and oxygen atoms in total. The van der Waals surface area contributed by atoms with Gasteiger partial charge in [0.05, 0.1) is 0 Å². The first-order valence-corrected chi connectivity index (χ1v) is 20.7. The quantitative estimate of drug-likeness (QED) is 0.107. The van der Waals surface area contributed by atoms with E-state index in [2.05, 4.69) is 186 Å². The van der Waals surface area contributed by atoms with Crippen molar-refractivity contribution in [3.63, 3.8) is 0 Å². The lowest BCUT2D eigenvalue weighted by molar-refractivity contribution is 0.589. The molecule has 0 N–H and O–H groups in total. The summed E-state index contributed by atoms with van der Waals surface area (Å²) in [6, 6.07) is 44.0. The van der Waals surface area contributed by atoms with Crippen molar-refractivity contribution >= 4 is 64.6 Å². The molecule has 0 aromatic heterocycles. The van der Waals surface area contributed by atoms with Crippen LogP contribution in [0.2, 0.25) is 0 Å². The van der Waals surface area contributed by atoms with E-state index in [-0.39, 0.29) is 10.8 Å². The van der Waals surface area contributed by atoms with Gasteiger partial charge in [-0.05, 0) is 146 Å². The van der Waals surface area contributed by atoms with Gasteiger partial charge in [0.1, 0.15) is 0 Å². The Morgan fingerprint density at radius 3 is 0.933 bits per heavy atom. The highest BCUT2D eigenvalue weighted by molar-refractivity contribution is 6.26. The maximum Gasteiger partial charge on any atom is 0.0337 e. The molecule has 10 aromatic carbocycles. The molecule has 0 aliphatic heterocycles. The Morgan fingerprint density at radius 2 is 0.617 bits per heavy atom. The minimum atomic E-state index is -0.0662. The van der Waals surface area contributed by atoms with Crippen LogP contribution in [0.25, 0.3) is 86.9 Å². The van der Waals surface area contributed by atoms with Crippen LogP contribution in [0, 0.1) is 48.4 Å². The van der Waals surface area contributed by atoms with Gasteiger partial charge in [0, 0.05) is 44.5 Å². The summed E-state index contributed by atoms with van der Waals surface area (Å²) in [5.74, 6) is 20.6. The zero-order valence-electron chi connectivity index (χ0n) is 34.7. The van der Waals surface area contributed by atoms with E-state index in [1.54, 1.807) is 0 Å². The largest absolute Gasteiger partial charge is 0.115 e. The predicted octanol–water partition coefficient (Wildman–Crippen LogP) is 14.5. The lowest BCUT2D eigenvalue weighted by Crippen LogP contribution is -2.17. The SMILES string of the molecule is C#Cc1ccc2ccc3c(C#Cc4cc(C(C)(C)C)cc5c4-c4c(C#Cc6ccc7ccc8c(C#C)ccc9ccc6c7c98)cc(C(C)(C)C)cc4-5)ccc4ccc1c2c43. The van der Waals surface area contributed by atoms with Crippen LogP contribution < -0.4 is 0 Å². The molecular weight excluding hydrogens is 721 g/mol. The molecule has 0 heterocycles. The molecule has 10 aromatic rings. The van der Waals surface area contributed by atoms with E-state index >= 15 is 0 Å². The molecule has 280 valence electrons. The molecule has 60 heavy (non-hydrogen) atoms. The molecule has 1 aliphatic rings. The van der Waals surface area contributed by atoms with Gasteiger partial charge in [-0.1, -0.05) is 150 Å². The highest BCUT2D eigenvalue weighted by Crippen LogP contribution is 2.53. The maximum absolute atomic E-state index is 5.96. The molecule has 0 radical (unpaired) electrons. The van der Waals surface area contributed by atoms with Crippen LogP contribution in [0.15, 0.2) is 121 Å². The Morgan fingerprint density at radius 1 is 0.333 bits per heavy atom. The molecule has 0 unspecified atom stereocenters. The minimum Gasteiger partial charge on any atom is -0.115 e. The topological polar surface area (TPSA) is 0 Å². The molecule has 0 fully saturated rings. The van der Waals surface area contributed by atoms with Gasteiger partial charge in [-0.15, -0.1) is 12.8 Å². The van der Waals surface area contributed by atoms with Gasteiger partial charge in [0.15, 0.2) is 0 Å². The van der Waals surface area contributed by atoms with Crippen LogP contribution in [0.3, 0.4) is 0 Å². The number of benzene rings is 10. The zero-order valence-corrected chi connectivity index (χ0v) is 34.7. The third-order valence-corrected chi connectivity index (χ3v) is 12.9. The smallest absolute Gasteiger partial charge is 0.0337 e. The lowest BCUT2D eigenvalue weighted by Gasteiger charge is -2.33. The number of hydrogen-bond acceptors (Lipinski definition) is 0. The van der Waals surface area contributed by atoms with Crippen LogP contribution in [0.4, 0.5) is 0 Å². The molecule has 11 rings (SSSR count). The Bertz CT molecular complexity index is 3490. The van der Waals surface area contributed by atoms with Crippen LogP contribution >= 0.6 is 0 Å². The second-order valence-electron chi connectivity index (χ2n) is 18.5. The first kappa shape index (κ1) is 35.7. The molecule has 0 bridgehead atoms. The number of terminal acetylenes is 2. The summed E-state index contributed by atoms with van der Waals surface area (Å²) in [7, 11) is 0. The van der Waals surface area contributed by atoms with E-state index in [4.69, 9.17) is 12.8 Å². The molecule has 0 atom stereocenters. The second kappa shape index (κ2) is 12.5. The van der Waals surface area contributed by atoms with Gasteiger partial charge in [0.2, 0.25) is 0 Å². The van der Waals surface area contributed by atoms with E-state index in [1.807, 2.05) is 12.1 Å². The van der Waals surface area contributed by atoms with Crippen molar-refractivity contribution in [1.82, 2.24) is 0 Å². The Balaban J connectivity index is 1.11. The second-order valence-corrected chi connectivity index (χ2v) is 18.5. The first-order chi connectivity index (χ1) is 28.9. The standard InChI is InChI=1S/C60H40/c1-9-35-11-17-39-25-29-49-37(13-19-41-23-27-47(35)53(39)55(41)49)15-21-43-31-45(59(3,4)5)33-51-52-34-46(60(6,7)8)32-44(58(52)57(43)51)22-16-38-14-20-42-24-28-48-36(10-2)12-18-40-26-30-50(38)56(42)54(40)48/h1-2,11-14,17-20,23-34H,3-8H3. The highest BCUT2D eigenvalue weighted by Gasteiger charge is 2.32. The molecule has 0 saturated heterocycles. The van der Waals surface area contributed by atoms with Gasteiger partial charge in [-0.25, -0.2) is 0 Å². The fourth-order valence-electron chi connectivity index (χ4n) is 9.59. The summed E-state index contributed by atoms with van der Waals surface area (Å²) in [5, 5.41) is 14.1. The highest BCUT2D eigenvalue weighted by atomic mass is 14.3. The normalized spacial score (nSPS) is 12.2. The predicted molar refractivity (Wildman–Crippen MR) is 256 cm³/mol. The summed E-state index contributed by atoms with van der Waals surface area (Å²) in [6.07, 6.45) is 11.9. The molecular formula is C60H40. The molecule has 0 heteroatoms. The van der Waals surface area contributed by atoms with Crippen molar-refractivity contribution in [1.29, 1.82) is 0 Å². The first-order valence-electron chi connectivity index (χ1n) is 20.7. The average molecular weight is 761 g/mol. The Labute approximate surface area is 351 Å². The fourth-order valence-corrected chi connectivity index (χ4v) is 9.59. The van der Waals surface area contributed by atoms with Crippen molar-refractivity contribution in [3.8, 4) is 70.6 Å². The van der Waals surface area contributed by atoms with E-state index in [1.165, 1.54) is 76.5 Å². The summed E-state index contributed by atoms with van der Waals surface area (Å²) < 4.78 is 0. The van der Waals surface area contributed by atoms with E-state index in [0.29, 0.717) is 0 Å². The third-order valence-electron chi connectivity index (χ3n) is 12.9. The average Bonchev–Trinajstić information content (AvgIpc) is 3.24.